The molecule has 74 valence electrons. The minimum absolute atomic E-state index is 0. The van der Waals surface area contributed by atoms with Gasteiger partial charge in [-0.2, -0.15) is 0 Å². The fourth-order valence-electron chi connectivity index (χ4n) is 1.57. The summed E-state index contributed by atoms with van der Waals surface area (Å²) in [5.74, 6) is 0. The van der Waals surface area contributed by atoms with Crippen LogP contribution >= 0.6 is 32.9 Å². The van der Waals surface area contributed by atoms with E-state index in [2.05, 4.69) is 34.7 Å². The minimum Gasteiger partial charge on any atom is -0.378 e. The van der Waals surface area contributed by atoms with Crippen molar-refractivity contribution in [1.29, 1.82) is 0 Å². The molecule has 1 fully saturated rings. The Labute approximate surface area is 93.5 Å². The number of hydrogen-bond acceptors (Lipinski definition) is 2. The Bertz CT molecular complexity index is 114. The molecule has 2 nitrogen and oxygen atoms in total. The van der Waals surface area contributed by atoms with E-state index in [1.54, 1.807) is 0 Å². The molecule has 2 atom stereocenters. The van der Waals surface area contributed by atoms with E-state index >= 15 is 0 Å². The molecule has 0 spiro atoms. The monoisotopic (exact) mass is 301 g/mol. The first kappa shape index (κ1) is 12.9. The summed E-state index contributed by atoms with van der Waals surface area (Å²) in [6, 6.07) is 1.16. The van der Waals surface area contributed by atoms with Crippen LogP contribution in [0.2, 0.25) is 0 Å². The lowest BCUT2D eigenvalue weighted by Crippen LogP contribution is -2.50. The molecule has 1 aliphatic rings. The average Bonchev–Trinajstić information content (AvgIpc) is 1.97. The number of hydrogen-bond donors (Lipinski definition) is 0. The van der Waals surface area contributed by atoms with Crippen molar-refractivity contribution < 1.29 is 4.74 Å². The van der Waals surface area contributed by atoms with Crippen molar-refractivity contribution in [2.75, 3.05) is 25.1 Å². The molecule has 0 aliphatic carbocycles. The van der Waals surface area contributed by atoms with Crippen LogP contribution in [0.1, 0.15) is 13.8 Å². The largest absolute Gasteiger partial charge is 0.378 e. The van der Waals surface area contributed by atoms with Crippen molar-refractivity contribution in [1.82, 2.24) is 4.90 Å². The van der Waals surface area contributed by atoms with Gasteiger partial charge in [0.1, 0.15) is 0 Å². The Hall–Kier alpha value is 0.880. The van der Waals surface area contributed by atoms with Crippen LogP contribution in [0.4, 0.5) is 0 Å². The molecule has 1 heterocycles. The van der Waals surface area contributed by atoms with E-state index in [1.165, 1.54) is 0 Å². The third-order valence-corrected chi connectivity index (χ3v) is 2.55. The van der Waals surface area contributed by atoms with Crippen molar-refractivity contribution >= 4 is 32.9 Å². The predicted octanol–water partition coefficient (Wildman–Crippen LogP) is 2.07. The first-order valence-electron chi connectivity index (χ1n) is 4.15. The van der Waals surface area contributed by atoms with Crippen molar-refractivity contribution in [3.63, 3.8) is 0 Å². The summed E-state index contributed by atoms with van der Waals surface area (Å²) in [6.07, 6.45) is 0. The van der Waals surface area contributed by atoms with Crippen LogP contribution in [0.3, 0.4) is 0 Å². The van der Waals surface area contributed by atoms with Crippen molar-refractivity contribution in [2.45, 2.75) is 25.9 Å². The van der Waals surface area contributed by atoms with Crippen LogP contribution in [0, 0.1) is 0 Å². The molecule has 2 unspecified atom stereocenters. The lowest BCUT2D eigenvalue weighted by atomic mass is 10.2. The topological polar surface area (TPSA) is 12.5 Å². The highest BCUT2D eigenvalue weighted by Gasteiger charge is 2.23. The number of nitrogens with zero attached hydrogens (tertiary/aromatic N) is 1. The Morgan fingerprint density at radius 3 is 2.25 bits per heavy atom. The molecule has 0 radical (unpaired) electrons. The smallest absolute Gasteiger partial charge is 0.0620 e. The first-order chi connectivity index (χ1) is 5.25. The third-order valence-electron chi connectivity index (χ3n) is 2.19. The lowest BCUT2D eigenvalue weighted by molar-refractivity contribution is -0.0331. The van der Waals surface area contributed by atoms with Gasteiger partial charge < -0.3 is 4.74 Å². The number of ether oxygens (including phenoxy) is 1. The zero-order valence-corrected chi connectivity index (χ0v) is 10.9. The highest BCUT2D eigenvalue weighted by molar-refractivity contribution is 9.09. The van der Waals surface area contributed by atoms with E-state index < -0.39 is 0 Å². The molecule has 1 rings (SSSR count). The van der Waals surface area contributed by atoms with E-state index in [-0.39, 0.29) is 17.0 Å². The fraction of sp³-hybridized carbons (Fsp3) is 1.00. The first-order valence-corrected chi connectivity index (χ1v) is 5.27. The van der Waals surface area contributed by atoms with Gasteiger partial charge in [0.25, 0.3) is 0 Å². The molecule has 0 bridgehead atoms. The normalized spacial score (nSPS) is 31.2. The summed E-state index contributed by atoms with van der Waals surface area (Å²) in [5, 5.41) is 1.06. The lowest BCUT2D eigenvalue weighted by Gasteiger charge is -2.38. The molecular weight excluding hydrogens is 286 g/mol. The van der Waals surface area contributed by atoms with Gasteiger partial charge in [-0.15, -0.1) is 17.0 Å². The number of alkyl halides is 1. The highest BCUT2D eigenvalue weighted by Crippen LogP contribution is 2.12. The van der Waals surface area contributed by atoms with Crippen molar-refractivity contribution in [3.8, 4) is 0 Å². The predicted molar refractivity (Wildman–Crippen MR) is 60.6 cm³/mol. The Kier molecular flexibility index (Phi) is 6.82. The molecular formula is C8H17Br2NO. The second-order valence-electron chi connectivity index (χ2n) is 3.16. The van der Waals surface area contributed by atoms with E-state index in [1.807, 2.05) is 0 Å². The standard InChI is InChI=1S/C8H16BrNO.BrH/c1-7-5-11-6-8(2)10(7)4-3-9;/h7-8H,3-6H2,1-2H3;1H. The maximum atomic E-state index is 5.41. The fourth-order valence-corrected chi connectivity index (χ4v) is 1.98. The molecule has 1 saturated heterocycles. The quantitative estimate of drug-likeness (QED) is 0.724. The maximum Gasteiger partial charge on any atom is 0.0620 e. The van der Waals surface area contributed by atoms with Gasteiger partial charge in [0.05, 0.1) is 13.2 Å². The molecule has 1 aliphatic heterocycles. The molecule has 0 aromatic heterocycles. The zero-order chi connectivity index (χ0) is 8.27. The van der Waals surface area contributed by atoms with Gasteiger partial charge in [-0.25, -0.2) is 0 Å². The third kappa shape index (κ3) is 3.32. The Balaban J connectivity index is 0.00000121. The number of rotatable bonds is 2. The molecule has 4 heteroatoms. The maximum absolute atomic E-state index is 5.41. The molecule has 0 aromatic rings. The van der Waals surface area contributed by atoms with Crippen LogP contribution in [0.25, 0.3) is 0 Å². The van der Waals surface area contributed by atoms with Gasteiger partial charge in [0.2, 0.25) is 0 Å². The van der Waals surface area contributed by atoms with Gasteiger partial charge in [-0.1, -0.05) is 15.9 Å². The summed E-state index contributed by atoms with van der Waals surface area (Å²) < 4.78 is 5.41. The van der Waals surface area contributed by atoms with Crippen molar-refractivity contribution in [2.24, 2.45) is 0 Å². The second-order valence-corrected chi connectivity index (χ2v) is 3.96. The number of halogens is 2. The van der Waals surface area contributed by atoms with Crippen LogP contribution in [0.15, 0.2) is 0 Å². The average molecular weight is 303 g/mol. The summed E-state index contributed by atoms with van der Waals surface area (Å²) in [4.78, 5) is 2.48. The highest BCUT2D eigenvalue weighted by atomic mass is 79.9. The summed E-state index contributed by atoms with van der Waals surface area (Å²) in [7, 11) is 0. The molecule has 12 heavy (non-hydrogen) atoms. The van der Waals surface area contributed by atoms with Crippen LogP contribution < -0.4 is 0 Å². The second kappa shape index (κ2) is 6.35. The van der Waals surface area contributed by atoms with E-state index in [0.29, 0.717) is 12.1 Å². The van der Waals surface area contributed by atoms with E-state index in [4.69, 9.17) is 4.74 Å². The van der Waals surface area contributed by atoms with Crippen LogP contribution in [0.5, 0.6) is 0 Å². The SMILES string of the molecule is Br.CC1COCC(C)N1CCBr. The zero-order valence-electron chi connectivity index (χ0n) is 7.62. The van der Waals surface area contributed by atoms with E-state index in [9.17, 15) is 0 Å². The van der Waals surface area contributed by atoms with Crippen LogP contribution in [-0.2, 0) is 4.74 Å². The molecule has 0 amide bonds. The van der Waals surface area contributed by atoms with Gasteiger partial charge in [-0.05, 0) is 13.8 Å². The summed E-state index contributed by atoms with van der Waals surface area (Å²) in [6.45, 7) is 7.34. The van der Waals surface area contributed by atoms with Crippen LogP contribution in [-0.4, -0.2) is 42.1 Å². The Morgan fingerprint density at radius 1 is 1.33 bits per heavy atom. The molecule has 0 saturated carbocycles. The molecule has 0 N–H and O–H groups in total. The minimum atomic E-state index is 0. The van der Waals surface area contributed by atoms with Gasteiger partial charge in [0, 0.05) is 24.0 Å². The van der Waals surface area contributed by atoms with E-state index in [0.717, 1.165) is 25.1 Å². The Morgan fingerprint density at radius 2 is 1.83 bits per heavy atom. The van der Waals surface area contributed by atoms with Gasteiger partial charge >= 0.3 is 0 Å². The molecule has 0 aromatic carbocycles. The summed E-state index contributed by atoms with van der Waals surface area (Å²) >= 11 is 3.46. The van der Waals surface area contributed by atoms with Gasteiger partial charge in [0.15, 0.2) is 0 Å². The van der Waals surface area contributed by atoms with Gasteiger partial charge in [-0.3, -0.25) is 4.90 Å². The summed E-state index contributed by atoms with van der Waals surface area (Å²) in [5.41, 5.74) is 0. The number of morpholine rings is 1. The van der Waals surface area contributed by atoms with Crippen molar-refractivity contribution in [3.05, 3.63) is 0 Å².